The molecule has 2 heterocycles. The Hall–Kier alpha value is -1.72. The van der Waals surface area contributed by atoms with Crippen LogP contribution in [0.15, 0.2) is 29.6 Å². The van der Waals surface area contributed by atoms with Gasteiger partial charge in [-0.1, -0.05) is 6.07 Å². The van der Waals surface area contributed by atoms with Crippen LogP contribution in [0.4, 0.5) is 10.1 Å². The van der Waals surface area contributed by atoms with Crippen molar-refractivity contribution in [2.75, 3.05) is 18.4 Å². The van der Waals surface area contributed by atoms with E-state index in [0.717, 1.165) is 19.5 Å². The standard InChI is InChI=1S/C16H17FN2OS/c1-11-2-3-13(8-14(11)17)18-16(20)10-19-6-4-15-12(9-19)5-7-21-15/h2-3,5,7-8H,4,6,9-10H2,1H3,(H,18,20). The number of carbonyl (C=O) groups is 1. The van der Waals surface area contributed by atoms with E-state index in [4.69, 9.17) is 0 Å². The van der Waals surface area contributed by atoms with Gasteiger partial charge in [-0.15, -0.1) is 11.3 Å². The number of anilines is 1. The Morgan fingerprint density at radius 3 is 3.10 bits per heavy atom. The third kappa shape index (κ3) is 3.31. The Labute approximate surface area is 127 Å². The zero-order chi connectivity index (χ0) is 14.8. The lowest BCUT2D eigenvalue weighted by atomic mass is 10.1. The predicted molar refractivity (Wildman–Crippen MR) is 83.1 cm³/mol. The lowest BCUT2D eigenvalue weighted by molar-refractivity contribution is -0.117. The van der Waals surface area contributed by atoms with Crippen LogP contribution in [0.25, 0.3) is 0 Å². The van der Waals surface area contributed by atoms with E-state index in [1.807, 2.05) is 0 Å². The first-order chi connectivity index (χ1) is 10.1. The molecule has 1 N–H and O–H groups in total. The molecule has 110 valence electrons. The van der Waals surface area contributed by atoms with E-state index in [1.54, 1.807) is 30.4 Å². The van der Waals surface area contributed by atoms with Crippen LogP contribution >= 0.6 is 11.3 Å². The maximum Gasteiger partial charge on any atom is 0.238 e. The molecule has 1 aliphatic heterocycles. The fourth-order valence-corrected chi connectivity index (χ4v) is 3.41. The molecular weight excluding hydrogens is 287 g/mol. The number of nitrogens with zero attached hydrogens (tertiary/aromatic N) is 1. The molecule has 3 nitrogen and oxygen atoms in total. The first-order valence-electron chi connectivity index (χ1n) is 6.95. The fourth-order valence-electron chi connectivity index (χ4n) is 2.52. The van der Waals surface area contributed by atoms with Gasteiger partial charge in [0, 0.05) is 23.7 Å². The van der Waals surface area contributed by atoms with Crippen molar-refractivity contribution in [3.05, 3.63) is 51.5 Å². The van der Waals surface area contributed by atoms with Crippen molar-refractivity contribution in [1.29, 1.82) is 0 Å². The van der Waals surface area contributed by atoms with Crippen molar-refractivity contribution in [3.8, 4) is 0 Å². The number of carbonyl (C=O) groups excluding carboxylic acids is 1. The zero-order valence-corrected chi connectivity index (χ0v) is 12.7. The minimum Gasteiger partial charge on any atom is -0.325 e. The van der Waals surface area contributed by atoms with Gasteiger partial charge in [-0.05, 0) is 48.1 Å². The third-order valence-corrected chi connectivity index (χ3v) is 4.73. The number of halogens is 1. The Morgan fingerprint density at radius 2 is 2.29 bits per heavy atom. The number of amides is 1. The molecule has 0 atom stereocenters. The van der Waals surface area contributed by atoms with Crippen LogP contribution in [0.1, 0.15) is 16.0 Å². The molecule has 1 amide bonds. The van der Waals surface area contributed by atoms with Crippen LogP contribution in [0.3, 0.4) is 0 Å². The molecule has 5 heteroatoms. The summed E-state index contributed by atoms with van der Waals surface area (Å²) in [6.07, 6.45) is 0.999. The SMILES string of the molecule is Cc1ccc(NC(=O)CN2CCc3sccc3C2)cc1F. The summed E-state index contributed by atoms with van der Waals surface area (Å²) >= 11 is 1.78. The molecule has 0 radical (unpaired) electrons. The molecule has 0 saturated heterocycles. The summed E-state index contributed by atoms with van der Waals surface area (Å²) in [5, 5.41) is 4.86. The van der Waals surface area contributed by atoms with Gasteiger partial charge in [0.1, 0.15) is 5.82 Å². The number of benzene rings is 1. The lowest BCUT2D eigenvalue weighted by Crippen LogP contribution is -2.36. The van der Waals surface area contributed by atoms with Gasteiger partial charge in [-0.2, -0.15) is 0 Å². The summed E-state index contributed by atoms with van der Waals surface area (Å²) < 4.78 is 13.5. The van der Waals surface area contributed by atoms with Gasteiger partial charge in [0.15, 0.2) is 0 Å². The quantitative estimate of drug-likeness (QED) is 0.944. The maximum atomic E-state index is 13.5. The van der Waals surface area contributed by atoms with Gasteiger partial charge in [-0.25, -0.2) is 4.39 Å². The molecule has 0 bridgehead atoms. The number of thiophene rings is 1. The van der Waals surface area contributed by atoms with E-state index in [-0.39, 0.29) is 11.7 Å². The van der Waals surface area contributed by atoms with Crippen LogP contribution in [0.2, 0.25) is 0 Å². The monoisotopic (exact) mass is 304 g/mol. The number of nitrogens with one attached hydrogen (secondary N) is 1. The summed E-state index contributed by atoms with van der Waals surface area (Å²) in [6.45, 7) is 3.75. The van der Waals surface area contributed by atoms with Gasteiger partial charge < -0.3 is 5.32 Å². The summed E-state index contributed by atoms with van der Waals surface area (Å²) in [7, 11) is 0. The molecule has 1 aliphatic rings. The van der Waals surface area contributed by atoms with Crippen molar-refractivity contribution < 1.29 is 9.18 Å². The molecule has 3 rings (SSSR count). The number of fused-ring (bicyclic) bond motifs is 1. The van der Waals surface area contributed by atoms with E-state index in [9.17, 15) is 9.18 Å². The van der Waals surface area contributed by atoms with Crippen molar-refractivity contribution in [1.82, 2.24) is 4.90 Å². The van der Waals surface area contributed by atoms with Crippen molar-refractivity contribution >= 4 is 22.9 Å². The Morgan fingerprint density at radius 1 is 1.43 bits per heavy atom. The molecule has 0 fully saturated rings. The molecule has 1 aromatic heterocycles. The molecule has 21 heavy (non-hydrogen) atoms. The van der Waals surface area contributed by atoms with Crippen LogP contribution < -0.4 is 5.32 Å². The van der Waals surface area contributed by atoms with Gasteiger partial charge in [-0.3, -0.25) is 9.69 Å². The highest BCUT2D eigenvalue weighted by atomic mass is 32.1. The summed E-state index contributed by atoms with van der Waals surface area (Å²) in [6, 6.07) is 6.88. The average molecular weight is 304 g/mol. The number of hydrogen-bond donors (Lipinski definition) is 1. The molecular formula is C16H17FN2OS. The van der Waals surface area contributed by atoms with E-state index in [0.29, 0.717) is 17.8 Å². The van der Waals surface area contributed by atoms with Gasteiger partial charge in [0.25, 0.3) is 0 Å². The normalized spacial score (nSPS) is 14.8. The molecule has 0 saturated carbocycles. The first-order valence-corrected chi connectivity index (χ1v) is 7.83. The minimum absolute atomic E-state index is 0.100. The number of hydrogen-bond acceptors (Lipinski definition) is 3. The maximum absolute atomic E-state index is 13.5. The topological polar surface area (TPSA) is 32.3 Å². The first kappa shape index (κ1) is 14.2. The second kappa shape index (κ2) is 5.95. The van der Waals surface area contributed by atoms with E-state index >= 15 is 0 Å². The van der Waals surface area contributed by atoms with Gasteiger partial charge in [0.2, 0.25) is 5.91 Å². The minimum atomic E-state index is -0.298. The third-order valence-electron chi connectivity index (χ3n) is 3.71. The van der Waals surface area contributed by atoms with Crippen LogP contribution in [-0.2, 0) is 17.8 Å². The lowest BCUT2D eigenvalue weighted by Gasteiger charge is -2.26. The zero-order valence-electron chi connectivity index (χ0n) is 11.9. The van der Waals surface area contributed by atoms with E-state index in [1.165, 1.54) is 16.5 Å². The van der Waals surface area contributed by atoms with E-state index in [2.05, 4.69) is 21.7 Å². The number of rotatable bonds is 3. The second-order valence-corrected chi connectivity index (χ2v) is 6.34. The summed E-state index contributed by atoms with van der Waals surface area (Å²) in [5.74, 6) is -0.398. The average Bonchev–Trinajstić information content (AvgIpc) is 2.90. The molecule has 1 aromatic carbocycles. The Kier molecular flexibility index (Phi) is 4.03. The molecule has 0 unspecified atom stereocenters. The molecule has 0 spiro atoms. The van der Waals surface area contributed by atoms with Crippen molar-refractivity contribution in [2.45, 2.75) is 19.9 Å². The van der Waals surface area contributed by atoms with Crippen molar-refractivity contribution in [3.63, 3.8) is 0 Å². The highest BCUT2D eigenvalue weighted by molar-refractivity contribution is 7.10. The van der Waals surface area contributed by atoms with Crippen LogP contribution in [0.5, 0.6) is 0 Å². The van der Waals surface area contributed by atoms with E-state index < -0.39 is 0 Å². The van der Waals surface area contributed by atoms with Crippen LogP contribution in [-0.4, -0.2) is 23.9 Å². The van der Waals surface area contributed by atoms with Crippen LogP contribution in [0, 0.1) is 12.7 Å². The Bertz CT molecular complexity index is 668. The summed E-state index contributed by atoms with van der Waals surface area (Å²) in [4.78, 5) is 15.6. The van der Waals surface area contributed by atoms with Gasteiger partial charge >= 0.3 is 0 Å². The smallest absolute Gasteiger partial charge is 0.238 e. The predicted octanol–water partition coefficient (Wildman–Crippen LogP) is 3.19. The Balaban J connectivity index is 1.58. The highest BCUT2D eigenvalue weighted by Gasteiger charge is 2.19. The second-order valence-electron chi connectivity index (χ2n) is 5.34. The molecule has 2 aromatic rings. The summed E-state index contributed by atoms with van der Waals surface area (Å²) in [5.41, 5.74) is 2.41. The van der Waals surface area contributed by atoms with Gasteiger partial charge in [0.05, 0.1) is 6.54 Å². The molecule has 0 aliphatic carbocycles. The highest BCUT2D eigenvalue weighted by Crippen LogP contribution is 2.23. The number of aryl methyl sites for hydroxylation is 1. The van der Waals surface area contributed by atoms with Crippen molar-refractivity contribution in [2.24, 2.45) is 0 Å². The largest absolute Gasteiger partial charge is 0.325 e. The fraction of sp³-hybridized carbons (Fsp3) is 0.312.